The van der Waals surface area contributed by atoms with Crippen molar-refractivity contribution in [2.45, 2.75) is 17.9 Å². The van der Waals surface area contributed by atoms with Crippen LogP contribution in [-0.2, 0) is 13.8 Å². The summed E-state index contributed by atoms with van der Waals surface area (Å²) >= 11 is 0. The lowest BCUT2D eigenvalue weighted by Gasteiger charge is -2.14. The second kappa shape index (κ2) is 6.22. The second-order valence-corrected chi connectivity index (χ2v) is 6.28. The van der Waals surface area contributed by atoms with Gasteiger partial charge in [-0.05, 0) is 19.1 Å². The number of nitrogens with one attached hydrogen (secondary N) is 1. The van der Waals surface area contributed by atoms with Gasteiger partial charge >= 0.3 is 6.03 Å². The smallest absolute Gasteiger partial charge is 0.318 e. The molecule has 0 aliphatic rings. The van der Waals surface area contributed by atoms with Gasteiger partial charge in [0.15, 0.2) is 17.7 Å². The van der Waals surface area contributed by atoms with Gasteiger partial charge in [-0.15, -0.1) is 0 Å². The fraction of sp³-hybridized carbons (Fsp3) is 0.200. The highest BCUT2D eigenvalue weighted by molar-refractivity contribution is 8.13. The third-order valence-electron chi connectivity index (χ3n) is 2.19. The molecule has 0 aliphatic heterocycles. The molecule has 116 valence electrons. The van der Waals surface area contributed by atoms with Gasteiger partial charge in [-0.3, -0.25) is 10.1 Å². The molecule has 0 saturated carbocycles. The molecule has 0 bridgehead atoms. The molecule has 0 spiro atoms. The van der Waals surface area contributed by atoms with Gasteiger partial charge in [0.1, 0.15) is 4.90 Å². The van der Waals surface area contributed by atoms with E-state index in [1.54, 1.807) is 5.32 Å². The minimum absolute atomic E-state index is 0.675. The predicted molar refractivity (Wildman–Crippen MR) is 67.2 cm³/mol. The molecule has 11 heteroatoms. The molecular formula is C10H9ClF2N2O5S. The van der Waals surface area contributed by atoms with Crippen LogP contribution >= 0.6 is 10.7 Å². The molecule has 7 nitrogen and oxygen atoms in total. The Bertz CT molecular complexity index is 695. The number of halogens is 3. The van der Waals surface area contributed by atoms with Crippen molar-refractivity contribution < 1.29 is 31.5 Å². The molecular weight excluding hydrogens is 334 g/mol. The topological polar surface area (TPSA) is 116 Å². The predicted octanol–water partition coefficient (Wildman–Crippen LogP) is 0.855. The maximum atomic E-state index is 13.6. The lowest BCUT2D eigenvalue weighted by Crippen LogP contribution is -2.42. The molecule has 1 rings (SSSR count). The van der Waals surface area contributed by atoms with Crippen LogP contribution in [0.5, 0.6) is 5.75 Å². The Labute approximate surface area is 122 Å². The molecule has 0 fully saturated rings. The zero-order valence-electron chi connectivity index (χ0n) is 10.4. The number of rotatable bonds is 4. The Hall–Kier alpha value is -1.94. The van der Waals surface area contributed by atoms with Crippen molar-refractivity contribution in [1.29, 1.82) is 0 Å². The molecule has 1 unspecified atom stereocenters. The zero-order chi connectivity index (χ0) is 16.4. The van der Waals surface area contributed by atoms with Crippen LogP contribution in [0, 0.1) is 11.6 Å². The van der Waals surface area contributed by atoms with Gasteiger partial charge in [-0.25, -0.2) is 17.6 Å². The number of carbonyl (C=O) groups is 2. The van der Waals surface area contributed by atoms with Crippen molar-refractivity contribution in [2.24, 2.45) is 5.73 Å². The van der Waals surface area contributed by atoms with Gasteiger partial charge in [0.05, 0.1) is 0 Å². The molecule has 1 atom stereocenters. The van der Waals surface area contributed by atoms with E-state index in [1.165, 1.54) is 0 Å². The number of benzene rings is 1. The number of hydrogen-bond acceptors (Lipinski definition) is 5. The summed E-state index contributed by atoms with van der Waals surface area (Å²) < 4.78 is 53.9. The van der Waals surface area contributed by atoms with Crippen molar-refractivity contribution in [3.05, 3.63) is 23.8 Å². The van der Waals surface area contributed by atoms with Crippen LogP contribution in [0.2, 0.25) is 0 Å². The lowest BCUT2D eigenvalue weighted by atomic mass is 10.3. The minimum atomic E-state index is -4.47. The molecule has 3 N–H and O–H groups in total. The number of urea groups is 1. The van der Waals surface area contributed by atoms with E-state index in [9.17, 15) is 26.8 Å². The van der Waals surface area contributed by atoms with Crippen LogP contribution in [0.1, 0.15) is 6.92 Å². The number of amides is 3. The number of nitrogens with two attached hydrogens (primary N) is 1. The number of hydrogen-bond donors (Lipinski definition) is 2. The van der Waals surface area contributed by atoms with Crippen LogP contribution in [-0.4, -0.2) is 26.5 Å². The Kier molecular flexibility index (Phi) is 5.07. The molecule has 1 aromatic rings. The molecule has 3 amide bonds. The van der Waals surface area contributed by atoms with Crippen molar-refractivity contribution in [3.8, 4) is 5.75 Å². The average molecular weight is 343 g/mol. The lowest BCUT2D eigenvalue weighted by molar-refractivity contribution is -0.126. The van der Waals surface area contributed by atoms with E-state index in [4.69, 9.17) is 21.2 Å². The zero-order valence-corrected chi connectivity index (χ0v) is 12.0. The summed E-state index contributed by atoms with van der Waals surface area (Å²) in [6.07, 6.45) is -1.38. The van der Waals surface area contributed by atoms with Crippen LogP contribution in [0.25, 0.3) is 0 Å². The van der Waals surface area contributed by atoms with Crippen LogP contribution in [0.15, 0.2) is 17.0 Å². The first-order valence-electron chi connectivity index (χ1n) is 5.23. The highest BCUT2D eigenvalue weighted by atomic mass is 35.7. The Morgan fingerprint density at radius 2 is 1.90 bits per heavy atom. The van der Waals surface area contributed by atoms with E-state index < -0.39 is 49.4 Å². The van der Waals surface area contributed by atoms with Gasteiger partial charge in [-0.1, -0.05) is 0 Å². The molecule has 0 radical (unpaired) electrons. The molecule has 21 heavy (non-hydrogen) atoms. The summed E-state index contributed by atoms with van der Waals surface area (Å²) in [6.45, 7) is 1.14. The number of primary amides is 1. The monoisotopic (exact) mass is 342 g/mol. The maximum absolute atomic E-state index is 13.6. The Morgan fingerprint density at radius 1 is 1.33 bits per heavy atom. The van der Waals surface area contributed by atoms with Gasteiger partial charge < -0.3 is 10.5 Å². The molecule has 0 saturated heterocycles. The van der Waals surface area contributed by atoms with Crippen molar-refractivity contribution in [3.63, 3.8) is 0 Å². The van der Waals surface area contributed by atoms with E-state index in [2.05, 4.69) is 0 Å². The summed E-state index contributed by atoms with van der Waals surface area (Å²) in [5, 5.41) is 1.67. The van der Waals surface area contributed by atoms with Crippen molar-refractivity contribution in [2.75, 3.05) is 0 Å². The molecule has 0 aliphatic carbocycles. The second-order valence-electron chi connectivity index (χ2n) is 3.74. The first-order chi connectivity index (χ1) is 9.54. The number of carbonyl (C=O) groups excluding carboxylic acids is 2. The van der Waals surface area contributed by atoms with E-state index in [1.807, 2.05) is 0 Å². The number of ether oxygens (including phenoxy) is 1. The number of imide groups is 1. The largest absolute Gasteiger partial charge is 0.478 e. The summed E-state index contributed by atoms with van der Waals surface area (Å²) in [5.74, 6) is -5.11. The highest BCUT2D eigenvalue weighted by Crippen LogP contribution is 2.28. The van der Waals surface area contributed by atoms with Crippen LogP contribution in [0.4, 0.5) is 13.6 Å². The van der Waals surface area contributed by atoms with Gasteiger partial charge in [0.2, 0.25) is 5.82 Å². The first-order valence-corrected chi connectivity index (χ1v) is 7.54. The fourth-order valence-electron chi connectivity index (χ4n) is 1.26. The van der Waals surface area contributed by atoms with E-state index in [0.29, 0.717) is 6.07 Å². The van der Waals surface area contributed by atoms with E-state index >= 15 is 0 Å². The summed E-state index contributed by atoms with van der Waals surface area (Å²) in [4.78, 5) is 20.7. The average Bonchev–Trinajstić information content (AvgIpc) is 2.32. The summed E-state index contributed by atoms with van der Waals surface area (Å²) in [5.41, 5.74) is 4.70. The highest BCUT2D eigenvalue weighted by Gasteiger charge is 2.25. The van der Waals surface area contributed by atoms with Gasteiger partial charge in [0.25, 0.3) is 15.0 Å². The third kappa shape index (κ3) is 4.26. The van der Waals surface area contributed by atoms with Crippen LogP contribution in [0.3, 0.4) is 0 Å². The summed E-state index contributed by atoms with van der Waals surface area (Å²) in [6, 6.07) is 0.307. The Morgan fingerprint density at radius 3 is 2.38 bits per heavy atom. The SMILES string of the molecule is CC(Oc1ccc(S(=O)(=O)Cl)c(F)c1F)C(=O)NC(N)=O. The molecule has 1 aromatic carbocycles. The van der Waals surface area contributed by atoms with E-state index in [0.717, 1.165) is 13.0 Å². The van der Waals surface area contributed by atoms with E-state index in [-0.39, 0.29) is 0 Å². The maximum Gasteiger partial charge on any atom is 0.318 e. The van der Waals surface area contributed by atoms with Gasteiger partial charge in [0, 0.05) is 10.7 Å². The fourth-order valence-corrected chi connectivity index (χ4v) is 2.15. The third-order valence-corrected chi connectivity index (χ3v) is 3.53. The van der Waals surface area contributed by atoms with Crippen LogP contribution < -0.4 is 15.8 Å². The standard InChI is InChI=1S/C10H9ClF2N2O5S/c1-4(9(16)15-10(14)17)20-5-2-3-6(21(11,18)19)8(13)7(5)12/h2-4H,1H3,(H3,14,15,16,17). The first kappa shape index (κ1) is 17.1. The minimum Gasteiger partial charge on any atom is -0.478 e. The normalized spacial score (nSPS) is 12.6. The van der Waals surface area contributed by atoms with Crippen molar-refractivity contribution >= 4 is 31.7 Å². The summed E-state index contributed by atoms with van der Waals surface area (Å²) in [7, 11) is 0.439. The quantitative estimate of drug-likeness (QED) is 0.787. The van der Waals surface area contributed by atoms with Crippen molar-refractivity contribution in [1.82, 2.24) is 5.32 Å². The Balaban J connectivity index is 3.04. The molecule has 0 aromatic heterocycles. The van der Waals surface area contributed by atoms with Gasteiger partial charge in [-0.2, -0.15) is 4.39 Å². The molecule has 0 heterocycles.